The van der Waals surface area contributed by atoms with E-state index in [2.05, 4.69) is 13.8 Å². The lowest BCUT2D eigenvalue weighted by atomic mass is 10.2. The molecule has 102 valence electrons. The van der Waals surface area contributed by atoms with Gasteiger partial charge >= 0.3 is 0 Å². The molecular formula is C12H21N3O2S. The Morgan fingerprint density at radius 2 is 1.72 bits per heavy atom. The van der Waals surface area contributed by atoms with Gasteiger partial charge in [0.05, 0.1) is 5.69 Å². The molecule has 0 amide bonds. The fourth-order valence-corrected chi connectivity index (χ4v) is 2.70. The Kier molecular flexibility index (Phi) is 4.98. The molecule has 0 atom stereocenters. The van der Waals surface area contributed by atoms with Crippen molar-refractivity contribution in [1.29, 1.82) is 0 Å². The Hall–Kier alpha value is -1.27. The highest BCUT2D eigenvalue weighted by Crippen LogP contribution is 2.27. The highest BCUT2D eigenvalue weighted by Gasteiger charge is 2.18. The van der Waals surface area contributed by atoms with Crippen LogP contribution in [0.4, 0.5) is 11.4 Å². The first kappa shape index (κ1) is 14.8. The largest absolute Gasteiger partial charge is 0.399 e. The number of hydrogen-bond acceptors (Lipinski definition) is 4. The number of hydrogen-bond donors (Lipinski definition) is 2. The molecule has 0 heterocycles. The van der Waals surface area contributed by atoms with Crippen molar-refractivity contribution >= 4 is 21.4 Å². The van der Waals surface area contributed by atoms with Gasteiger partial charge in [-0.05, 0) is 31.0 Å². The van der Waals surface area contributed by atoms with E-state index in [4.69, 9.17) is 10.9 Å². The molecule has 18 heavy (non-hydrogen) atoms. The van der Waals surface area contributed by atoms with Crippen molar-refractivity contribution in [2.45, 2.75) is 31.6 Å². The SMILES string of the molecule is CCCN(CCC)c1ccc(N)cc1S(N)(=O)=O. The summed E-state index contributed by atoms with van der Waals surface area (Å²) in [5.41, 5.74) is 6.67. The molecule has 6 heteroatoms. The number of rotatable bonds is 6. The predicted molar refractivity (Wildman–Crippen MR) is 75.0 cm³/mol. The van der Waals surface area contributed by atoms with Crippen LogP contribution in [0.25, 0.3) is 0 Å². The molecule has 0 spiro atoms. The highest BCUT2D eigenvalue weighted by atomic mass is 32.2. The van der Waals surface area contributed by atoms with E-state index in [1.165, 1.54) is 6.07 Å². The maximum atomic E-state index is 11.6. The number of anilines is 2. The molecule has 0 bridgehead atoms. The van der Waals surface area contributed by atoms with Crippen molar-refractivity contribution in [3.8, 4) is 0 Å². The third-order valence-electron chi connectivity index (χ3n) is 2.62. The predicted octanol–water partition coefficient (Wildman–Crippen LogP) is 1.54. The molecule has 0 aromatic heterocycles. The third kappa shape index (κ3) is 3.61. The van der Waals surface area contributed by atoms with Gasteiger partial charge in [0.2, 0.25) is 10.0 Å². The van der Waals surface area contributed by atoms with E-state index >= 15 is 0 Å². The van der Waals surface area contributed by atoms with Crippen LogP contribution in [0.15, 0.2) is 23.1 Å². The summed E-state index contributed by atoms with van der Waals surface area (Å²) in [5, 5.41) is 5.25. The van der Waals surface area contributed by atoms with Gasteiger partial charge in [0.15, 0.2) is 0 Å². The van der Waals surface area contributed by atoms with Crippen molar-refractivity contribution < 1.29 is 8.42 Å². The van der Waals surface area contributed by atoms with Crippen LogP contribution in [0.3, 0.4) is 0 Å². The van der Waals surface area contributed by atoms with Crippen LogP contribution in [-0.2, 0) is 10.0 Å². The molecule has 0 aliphatic heterocycles. The summed E-state index contributed by atoms with van der Waals surface area (Å²) in [4.78, 5) is 2.13. The standard InChI is InChI=1S/C12H21N3O2S/c1-3-7-15(8-4-2)11-6-5-10(13)9-12(11)18(14,16)17/h5-6,9H,3-4,7-8,13H2,1-2H3,(H2,14,16,17). The second-order valence-electron chi connectivity index (χ2n) is 4.26. The summed E-state index contributed by atoms with van der Waals surface area (Å²) in [7, 11) is -3.76. The number of nitrogens with two attached hydrogens (primary N) is 2. The van der Waals surface area contributed by atoms with Gasteiger partial charge in [-0.25, -0.2) is 13.6 Å². The summed E-state index contributed by atoms with van der Waals surface area (Å²) in [5.74, 6) is 0. The number of primary sulfonamides is 1. The number of nitrogen functional groups attached to an aromatic ring is 1. The Labute approximate surface area is 109 Å². The molecular weight excluding hydrogens is 250 g/mol. The van der Waals surface area contributed by atoms with Gasteiger partial charge in [-0.1, -0.05) is 13.8 Å². The van der Waals surface area contributed by atoms with Crippen LogP contribution in [0.1, 0.15) is 26.7 Å². The second-order valence-corrected chi connectivity index (χ2v) is 5.79. The molecule has 5 nitrogen and oxygen atoms in total. The van der Waals surface area contributed by atoms with E-state index < -0.39 is 10.0 Å². The van der Waals surface area contributed by atoms with E-state index in [0.29, 0.717) is 11.4 Å². The number of benzene rings is 1. The summed E-state index contributed by atoms with van der Waals surface area (Å²) in [6.07, 6.45) is 1.88. The topological polar surface area (TPSA) is 89.4 Å². The number of nitrogens with zero attached hydrogens (tertiary/aromatic N) is 1. The number of sulfonamides is 1. The highest BCUT2D eigenvalue weighted by molar-refractivity contribution is 7.89. The first-order valence-electron chi connectivity index (χ1n) is 6.07. The molecule has 1 aromatic rings. The summed E-state index contributed by atoms with van der Waals surface area (Å²) in [6.45, 7) is 5.69. The molecule has 0 saturated carbocycles. The molecule has 0 radical (unpaired) electrons. The monoisotopic (exact) mass is 271 g/mol. The summed E-state index contributed by atoms with van der Waals surface area (Å²) in [6, 6.07) is 4.84. The van der Waals surface area contributed by atoms with E-state index in [1.807, 2.05) is 4.90 Å². The first-order valence-corrected chi connectivity index (χ1v) is 7.62. The third-order valence-corrected chi connectivity index (χ3v) is 3.56. The molecule has 0 aliphatic carbocycles. The Bertz CT molecular complexity index is 494. The normalized spacial score (nSPS) is 11.5. The van der Waals surface area contributed by atoms with E-state index in [0.717, 1.165) is 25.9 Å². The Morgan fingerprint density at radius 3 is 2.17 bits per heavy atom. The average molecular weight is 271 g/mol. The first-order chi connectivity index (χ1) is 8.40. The van der Waals surface area contributed by atoms with Crippen LogP contribution in [-0.4, -0.2) is 21.5 Å². The van der Waals surface area contributed by atoms with Crippen molar-refractivity contribution in [3.05, 3.63) is 18.2 Å². The Morgan fingerprint density at radius 1 is 1.17 bits per heavy atom. The molecule has 4 N–H and O–H groups in total. The van der Waals surface area contributed by atoms with Gasteiger partial charge in [-0.3, -0.25) is 0 Å². The van der Waals surface area contributed by atoms with Gasteiger partial charge in [0.25, 0.3) is 0 Å². The second kappa shape index (κ2) is 6.06. The smallest absolute Gasteiger partial charge is 0.240 e. The van der Waals surface area contributed by atoms with Crippen LogP contribution in [0.2, 0.25) is 0 Å². The molecule has 0 aliphatic rings. The van der Waals surface area contributed by atoms with Gasteiger partial charge in [-0.2, -0.15) is 0 Å². The lowest BCUT2D eigenvalue weighted by Gasteiger charge is -2.25. The summed E-state index contributed by atoms with van der Waals surface area (Å²) < 4.78 is 23.2. The van der Waals surface area contributed by atoms with Crippen LogP contribution < -0.4 is 15.8 Å². The van der Waals surface area contributed by atoms with Crippen LogP contribution >= 0.6 is 0 Å². The maximum absolute atomic E-state index is 11.6. The van der Waals surface area contributed by atoms with Crippen molar-refractivity contribution in [2.24, 2.45) is 5.14 Å². The van der Waals surface area contributed by atoms with E-state index in [-0.39, 0.29) is 4.90 Å². The lowest BCUT2D eigenvalue weighted by molar-refractivity contribution is 0.597. The lowest BCUT2D eigenvalue weighted by Crippen LogP contribution is -2.28. The zero-order valence-electron chi connectivity index (χ0n) is 10.9. The molecule has 1 aromatic carbocycles. The quantitative estimate of drug-likeness (QED) is 0.768. The molecule has 0 fully saturated rings. The van der Waals surface area contributed by atoms with E-state index in [9.17, 15) is 8.42 Å². The molecule has 0 unspecified atom stereocenters. The fraction of sp³-hybridized carbons (Fsp3) is 0.500. The minimum Gasteiger partial charge on any atom is -0.399 e. The van der Waals surface area contributed by atoms with Gasteiger partial charge in [-0.15, -0.1) is 0 Å². The minimum atomic E-state index is -3.76. The molecule has 0 saturated heterocycles. The Balaban J connectivity index is 3.29. The zero-order valence-corrected chi connectivity index (χ0v) is 11.7. The van der Waals surface area contributed by atoms with Crippen molar-refractivity contribution in [2.75, 3.05) is 23.7 Å². The average Bonchev–Trinajstić information content (AvgIpc) is 2.27. The minimum absolute atomic E-state index is 0.101. The van der Waals surface area contributed by atoms with Crippen LogP contribution in [0, 0.1) is 0 Å². The van der Waals surface area contributed by atoms with Crippen molar-refractivity contribution in [3.63, 3.8) is 0 Å². The van der Waals surface area contributed by atoms with Crippen LogP contribution in [0.5, 0.6) is 0 Å². The van der Waals surface area contributed by atoms with Crippen molar-refractivity contribution in [1.82, 2.24) is 0 Å². The zero-order chi connectivity index (χ0) is 13.8. The molecule has 1 rings (SSSR count). The maximum Gasteiger partial charge on any atom is 0.240 e. The van der Waals surface area contributed by atoms with Gasteiger partial charge in [0, 0.05) is 18.8 Å². The fourth-order valence-electron chi connectivity index (χ4n) is 1.91. The van der Waals surface area contributed by atoms with E-state index in [1.54, 1.807) is 12.1 Å². The van der Waals surface area contributed by atoms with Gasteiger partial charge < -0.3 is 10.6 Å². The van der Waals surface area contributed by atoms with Gasteiger partial charge in [0.1, 0.15) is 4.90 Å². The summed E-state index contributed by atoms with van der Waals surface area (Å²) >= 11 is 0.